The van der Waals surface area contributed by atoms with Gasteiger partial charge in [-0.25, -0.2) is 9.50 Å². The molecule has 0 aliphatic rings. The number of H-pyrrole nitrogens is 1. The Bertz CT molecular complexity index is 959. The van der Waals surface area contributed by atoms with Gasteiger partial charge in [0, 0.05) is 7.05 Å². The second kappa shape index (κ2) is 2.98. The van der Waals surface area contributed by atoms with E-state index in [1.54, 1.807) is 4.52 Å². The summed E-state index contributed by atoms with van der Waals surface area (Å²) >= 11 is 0. The van der Waals surface area contributed by atoms with Gasteiger partial charge in [-0.3, -0.25) is 4.79 Å². The lowest BCUT2D eigenvalue weighted by atomic mass is 10.3. The highest BCUT2D eigenvalue weighted by Crippen LogP contribution is 2.22. The molecule has 0 saturated carbocycles. The summed E-state index contributed by atoms with van der Waals surface area (Å²) < 4.78 is 3.73. The molecule has 4 rings (SSSR count). The van der Waals surface area contributed by atoms with Crippen molar-refractivity contribution in [3.63, 3.8) is 0 Å². The predicted octanol–water partition coefficient (Wildman–Crippen LogP) is 1.06. The fraction of sp³-hybridized carbons (Fsp3) is 0.0833. The van der Waals surface area contributed by atoms with Gasteiger partial charge in [-0.2, -0.15) is 0 Å². The van der Waals surface area contributed by atoms with Gasteiger partial charge in [-0.1, -0.05) is 12.1 Å². The molecule has 6 heteroatoms. The lowest BCUT2D eigenvalue weighted by molar-refractivity contribution is 0.955. The molecule has 0 radical (unpaired) electrons. The number of para-hydroxylation sites is 2. The van der Waals surface area contributed by atoms with Crippen LogP contribution in [0.1, 0.15) is 0 Å². The number of aromatic nitrogens is 5. The van der Waals surface area contributed by atoms with Crippen LogP contribution >= 0.6 is 0 Å². The van der Waals surface area contributed by atoms with Crippen molar-refractivity contribution in [3.05, 3.63) is 40.9 Å². The van der Waals surface area contributed by atoms with Crippen LogP contribution in [0.25, 0.3) is 27.7 Å². The van der Waals surface area contributed by atoms with Crippen molar-refractivity contribution < 1.29 is 0 Å². The van der Waals surface area contributed by atoms with Crippen LogP contribution in [-0.4, -0.2) is 24.1 Å². The fourth-order valence-corrected chi connectivity index (χ4v) is 2.43. The van der Waals surface area contributed by atoms with Crippen LogP contribution in [-0.2, 0) is 7.05 Å². The maximum absolute atomic E-state index is 11.9. The molecule has 0 atom stereocenters. The molecule has 3 heterocycles. The van der Waals surface area contributed by atoms with E-state index in [0.29, 0.717) is 11.0 Å². The van der Waals surface area contributed by atoms with Gasteiger partial charge < -0.3 is 9.55 Å². The van der Waals surface area contributed by atoms with Crippen LogP contribution in [0, 0.1) is 0 Å². The molecule has 0 spiro atoms. The van der Waals surface area contributed by atoms with Crippen LogP contribution < -0.4 is 5.56 Å². The van der Waals surface area contributed by atoms with Gasteiger partial charge in [-0.05, 0) is 12.1 Å². The first-order chi connectivity index (χ1) is 8.77. The molecule has 18 heavy (non-hydrogen) atoms. The maximum atomic E-state index is 11.9. The smallest absolute Gasteiger partial charge is 0.264 e. The van der Waals surface area contributed by atoms with Crippen LogP contribution in [0.15, 0.2) is 35.4 Å². The van der Waals surface area contributed by atoms with E-state index in [1.807, 2.05) is 35.9 Å². The predicted molar refractivity (Wildman–Crippen MR) is 67.6 cm³/mol. The van der Waals surface area contributed by atoms with E-state index < -0.39 is 0 Å². The first-order valence-electron chi connectivity index (χ1n) is 5.57. The zero-order chi connectivity index (χ0) is 12.3. The fourth-order valence-electron chi connectivity index (χ4n) is 2.43. The van der Waals surface area contributed by atoms with Crippen LogP contribution in [0.2, 0.25) is 0 Å². The van der Waals surface area contributed by atoms with Gasteiger partial charge >= 0.3 is 0 Å². The molecule has 0 fully saturated rings. The van der Waals surface area contributed by atoms with Gasteiger partial charge in [0.2, 0.25) is 0 Å². The molecule has 0 aliphatic carbocycles. The number of fused-ring (bicyclic) bond motifs is 5. The minimum Gasteiger partial charge on any atom is -0.327 e. The molecule has 0 bridgehead atoms. The summed E-state index contributed by atoms with van der Waals surface area (Å²) in [5, 5.41) is 4.91. The number of imidazole rings is 1. The molecule has 0 aliphatic heterocycles. The number of rotatable bonds is 0. The third kappa shape index (κ3) is 0.951. The molecule has 6 nitrogen and oxygen atoms in total. The van der Waals surface area contributed by atoms with E-state index in [9.17, 15) is 4.79 Å². The minimum atomic E-state index is -0.166. The van der Waals surface area contributed by atoms with E-state index in [-0.39, 0.29) is 5.56 Å². The van der Waals surface area contributed by atoms with Gasteiger partial charge in [-0.15, -0.1) is 5.10 Å². The van der Waals surface area contributed by atoms with Gasteiger partial charge in [0.1, 0.15) is 5.39 Å². The Balaban J connectivity index is 2.44. The molecule has 1 aromatic carbocycles. The van der Waals surface area contributed by atoms with Crippen molar-refractivity contribution in [2.75, 3.05) is 0 Å². The zero-order valence-corrected chi connectivity index (χ0v) is 9.58. The molecule has 3 aromatic heterocycles. The Hall–Kier alpha value is -2.63. The van der Waals surface area contributed by atoms with E-state index in [1.165, 1.54) is 6.33 Å². The van der Waals surface area contributed by atoms with Crippen LogP contribution in [0.3, 0.4) is 0 Å². The van der Waals surface area contributed by atoms with E-state index in [4.69, 9.17) is 0 Å². The Morgan fingerprint density at radius 3 is 2.83 bits per heavy atom. The number of hydrogen-bond acceptors (Lipinski definition) is 3. The molecule has 88 valence electrons. The molecular weight excluding hydrogens is 230 g/mol. The average Bonchev–Trinajstić information content (AvgIpc) is 2.89. The normalized spacial score (nSPS) is 11.8. The van der Waals surface area contributed by atoms with E-state index >= 15 is 0 Å². The molecule has 0 unspecified atom stereocenters. The molecule has 4 aromatic rings. The number of aromatic amines is 1. The second-order valence-corrected chi connectivity index (χ2v) is 4.21. The topological polar surface area (TPSA) is 68.0 Å². The zero-order valence-electron chi connectivity index (χ0n) is 9.58. The van der Waals surface area contributed by atoms with Crippen LogP contribution in [0.4, 0.5) is 0 Å². The summed E-state index contributed by atoms with van der Waals surface area (Å²) in [6.07, 6.45) is 1.37. The highest BCUT2D eigenvalue weighted by Gasteiger charge is 2.16. The largest absolute Gasteiger partial charge is 0.327 e. The van der Waals surface area contributed by atoms with Gasteiger partial charge in [0.05, 0.1) is 17.4 Å². The number of nitrogens with zero attached hydrogens (tertiary/aromatic N) is 4. The molecule has 0 amide bonds. The number of nitrogens with one attached hydrogen (secondary N) is 1. The third-order valence-electron chi connectivity index (χ3n) is 3.24. The summed E-state index contributed by atoms with van der Waals surface area (Å²) in [5.41, 5.74) is 3.06. The third-order valence-corrected chi connectivity index (χ3v) is 3.24. The minimum absolute atomic E-state index is 0.166. The Labute approximate surface area is 100 Å². The lowest BCUT2D eigenvalue weighted by Crippen LogP contribution is -2.06. The van der Waals surface area contributed by atoms with Crippen LogP contribution in [0.5, 0.6) is 0 Å². The monoisotopic (exact) mass is 239 g/mol. The summed E-state index contributed by atoms with van der Waals surface area (Å²) in [5.74, 6) is 0. The average molecular weight is 239 g/mol. The Morgan fingerprint density at radius 2 is 2.00 bits per heavy atom. The first-order valence-corrected chi connectivity index (χ1v) is 5.57. The standard InChI is InChI=1S/C12H9N5O/c1-16-7-4-2-3-5-8(7)17-12(16)9-10(15-17)13-6-14-11(9)18/h2-6H,1H3,(H,13,14,15,18). The first kappa shape index (κ1) is 9.41. The second-order valence-electron chi connectivity index (χ2n) is 4.21. The van der Waals surface area contributed by atoms with Crippen molar-refractivity contribution in [2.45, 2.75) is 0 Å². The Morgan fingerprint density at radius 1 is 1.22 bits per heavy atom. The van der Waals surface area contributed by atoms with Crippen molar-refractivity contribution in [1.29, 1.82) is 0 Å². The summed E-state index contributed by atoms with van der Waals surface area (Å²) in [6, 6.07) is 7.89. The summed E-state index contributed by atoms with van der Waals surface area (Å²) in [6.45, 7) is 0. The molecule has 0 saturated heterocycles. The van der Waals surface area contributed by atoms with Crippen molar-refractivity contribution in [2.24, 2.45) is 7.05 Å². The van der Waals surface area contributed by atoms with Crippen molar-refractivity contribution in [1.82, 2.24) is 24.1 Å². The van der Waals surface area contributed by atoms with E-state index in [2.05, 4.69) is 15.1 Å². The Kier molecular flexibility index (Phi) is 1.56. The van der Waals surface area contributed by atoms with Crippen molar-refractivity contribution >= 4 is 27.7 Å². The lowest BCUT2D eigenvalue weighted by Gasteiger charge is -1.94. The van der Waals surface area contributed by atoms with Gasteiger partial charge in [0.15, 0.2) is 11.3 Å². The quantitative estimate of drug-likeness (QED) is 0.499. The maximum Gasteiger partial charge on any atom is 0.264 e. The highest BCUT2D eigenvalue weighted by atomic mass is 16.1. The summed E-state index contributed by atoms with van der Waals surface area (Å²) in [4.78, 5) is 18.6. The number of benzene rings is 1. The van der Waals surface area contributed by atoms with Gasteiger partial charge in [0.25, 0.3) is 5.56 Å². The number of aryl methyl sites for hydroxylation is 1. The number of hydrogen-bond donors (Lipinski definition) is 1. The SMILES string of the molecule is Cn1c2ccccc2n2nc3nc[nH]c(=O)c3c12. The van der Waals surface area contributed by atoms with E-state index in [0.717, 1.165) is 16.7 Å². The highest BCUT2D eigenvalue weighted by molar-refractivity contribution is 5.95. The molecular formula is C12H9N5O. The summed E-state index contributed by atoms with van der Waals surface area (Å²) in [7, 11) is 1.92. The van der Waals surface area contributed by atoms with Crippen molar-refractivity contribution in [3.8, 4) is 0 Å². The molecule has 1 N–H and O–H groups in total.